The Hall–Kier alpha value is -0.0800. The lowest BCUT2D eigenvalue weighted by Gasteiger charge is -2.39. The van der Waals surface area contributed by atoms with Crippen LogP contribution in [0.15, 0.2) is 0 Å². The standard InChI is InChI=1S/C13H23NO/c1-12(2)4-10-5-13(3,8-12)9-14(10)6-11-7-15-11/h10-11H,4-9H2,1-3H3/t10?,11-,13?/m1/s1. The molecule has 0 spiro atoms. The van der Waals surface area contributed by atoms with E-state index >= 15 is 0 Å². The van der Waals surface area contributed by atoms with Gasteiger partial charge in [-0.25, -0.2) is 0 Å². The van der Waals surface area contributed by atoms with E-state index in [4.69, 9.17) is 4.74 Å². The molecule has 2 bridgehead atoms. The van der Waals surface area contributed by atoms with Crippen LogP contribution in [0.4, 0.5) is 0 Å². The highest BCUT2D eigenvalue weighted by Gasteiger charge is 2.50. The second kappa shape index (κ2) is 2.98. The van der Waals surface area contributed by atoms with Gasteiger partial charge < -0.3 is 4.74 Å². The van der Waals surface area contributed by atoms with Crippen molar-refractivity contribution in [2.45, 2.75) is 52.2 Å². The van der Waals surface area contributed by atoms with Crippen molar-refractivity contribution in [3.8, 4) is 0 Å². The summed E-state index contributed by atoms with van der Waals surface area (Å²) in [6.07, 6.45) is 4.77. The van der Waals surface area contributed by atoms with Crippen LogP contribution in [0, 0.1) is 10.8 Å². The Morgan fingerprint density at radius 2 is 2.00 bits per heavy atom. The van der Waals surface area contributed by atoms with E-state index in [1.165, 1.54) is 32.4 Å². The molecule has 3 rings (SSSR count). The molecule has 2 aliphatic heterocycles. The molecule has 2 nitrogen and oxygen atoms in total. The van der Waals surface area contributed by atoms with Gasteiger partial charge in [-0.1, -0.05) is 20.8 Å². The van der Waals surface area contributed by atoms with Crippen LogP contribution in [0.2, 0.25) is 0 Å². The van der Waals surface area contributed by atoms with Crippen molar-refractivity contribution in [3.05, 3.63) is 0 Å². The van der Waals surface area contributed by atoms with E-state index < -0.39 is 0 Å². The molecule has 2 heteroatoms. The third kappa shape index (κ3) is 1.94. The molecule has 3 fully saturated rings. The third-order valence-electron chi connectivity index (χ3n) is 4.36. The van der Waals surface area contributed by atoms with Crippen molar-refractivity contribution in [2.24, 2.45) is 10.8 Å². The average Bonchev–Trinajstić information content (AvgIpc) is 2.78. The van der Waals surface area contributed by atoms with Gasteiger partial charge in [0.25, 0.3) is 0 Å². The number of rotatable bonds is 2. The van der Waals surface area contributed by atoms with Crippen LogP contribution in [-0.4, -0.2) is 36.7 Å². The van der Waals surface area contributed by atoms with Gasteiger partial charge in [0.05, 0.1) is 12.7 Å². The molecule has 0 aromatic heterocycles. The predicted molar refractivity (Wildman–Crippen MR) is 60.8 cm³/mol. The van der Waals surface area contributed by atoms with Crippen LogP contribution in [0.5, 0.6) is 0 Å². The zero-order valence-electron chi connectivity index (χ0n) is 10.3. The number of hydrogen-bond donors (Lipinski definition) is 0. The molecule has 1 aliphatic carbocycles. The lowest BCUT2D eigenvalue weighted by atomic mass is 9.65. The fourth-order valence-electron chi connectivity index (χ4n) is 4.23. The van der Waals surface area contributed by atoms with Crippen LogP contribution >= 0.6 is 0 Å². The van der Waals surface area contributed by atoms with E-state index in [9.17, 15) is 0 Å². The monoisotopic (exact) mass is 209 g/mol. The summed E-state index contributed by atoms with van der Waals surface area (Å²) in [5.74, 6) is 0. The molecule has 0 aromatic rings. The maximum atomic E-state index is 5.36. The minimum absolute atomic E-state index is 0.552. The average molecular weight is 209 g/mol. The molecule has 86 valence electrons. The Kier molecular flexibility index (Phi) is 2.01. The Bertz CT molecular complexity index is 272. The fourth-order valence-corrected chi connectivity index (χ4v) is 4.23. The molecule has 2 saturated heterocycles. The molecule has 0 aromatic carbocycles. The molecular formula is C13H23NO. The topological polar surface area (TPSA) is 15.8 Å². The number of likely N-dealkylation sites (tertiary alicyclic amines) is 1. The van der Waals surface area contributed by atoms with Crippen molar-refractivity contribution in [3.63, 3.8) is 0 Å². The van der Waals surface area contributed by atoms with Gasteiger partial charge >= 0.3 is 0 Å². The molecule has 0 radical (unpaired) electrons. The van der Waals surface area contributed by atoms with Gasteiger partial charge in [-0.05, 0) is 30.1 Å². The quantitative estimate of drug-likeness (QED) is 0.649. The smallest absolute Gasteiger partial charge is 0.0936 e. The molecule has 15 heavy (non-hydrogen) atoms. The summed E-state index contributed by atoms with van der Waals surface area (Å²) in [6.45, 7) is 10.9. The summed E-state index contributed by atoms with van der Waals surface area (Å²) in [5, 5.41) is 0. The predicted octanol–water partition coefficient (Wildman–Crippen LogP) is 2.29. The van der Waals surface area contributed by atoms with E-state index in [0.717, 1.165) is 12.6 Å². The lowest BCUT2D eigenvalue weighted by molar-refractivity contribution is 0.126. The van der Waals surface area contributed by atoms with Crippen LogP contribution < -0.4 is 0 Å². The van der Waals surface area contributed by atoms with Gasteiger partial charge in [-0.2, -0.15) is 0 Å². The molecule has 1 saturated carbocycles. The van der Waals surface area contributed by atoms with Crippen LogP contribution in [-0.2, 0) is 4.74 Å². The summed E-state index contributed by atoms with van der Waals surface area (Å²) in [6, 6.07) is 0.836. The van der Waals surface area contributed by atoms with Crippen molar-refractivity contribution in [2.75, 3.05) is 19.7 Å². The van der Waals surface area contributed by atoms with Gasteiger partial charge in [0.2, 0.25) is 0 Å². The highest BCUT2D eigenvalue weighted by atomic mass is 16.6. The zero-order valence-corrected chi connectivity index (χ0v) is 10.3. The van der Waals surface area contributed by atoms with Crippen molar-refractivity contribution in [1.29, 1.82) is 0 Å². The highest BCUT2D eigenvalue weighted by Crippen LogP contribution is 2.52. The number of ether oxygens (including phenoxy) is 1. The van der Waals surface area contributed by atoms with Crippen molar-refractivity contribution < 1.29 is 4.74 Å². The minimum Gasteiger partial charge on any atom is -0.372 e. The molecule has 0 N–H and O–H groups in total. The highest BCUT2D eigenvalue weighted by molar-refractivity contribution is 5.03. The van der Waals surface area contributed by atoms with Crippen LogP contribution in [0.1, 0.15) is 40.0 Å². The summed E-state index contributed by atoms with van der Waals surface area (Å²) in [5.41, 5.74) is 1.14. The Morgan fingerprint density at radius 1 is 1.27 bits per heavy atom. The Morgan fingerprint density at radius 3 is 2.67 bits per heavy atom. The van der Waals surface area contributed by atoms with E-state index in [-0.39, 0.29) is 0 Å². The Labute approximate surface area is 93.0 Å². The summed E-state index contributed by atoms with van der Waals surface area (Å²) in [4.78, 5) is 2.70. The van der Waals surface area contributed by atoms with Crippen molar-refractivity contribution >= 4 is 0 Å². The molecule has 0 amide bonds. The van der Waals surface area contributed by atoms with Crippen LogP contribution in [0.3, 0.4) is 0 Å². The number of epoxide rings is 1. The van der Waals surface area contributed by atoms with E-state index in [2.05, 4.69) is 25.7 Å². The normalized spacial score (nSPS) is 48.2. The van der Waals surface area contributed by atoms with Gasteiger partial charge in [0.1, 0.15) is 0 Å². The molecule has 2 heterocycles. The second-order valence-corrected chi connectivity index (χ2v) is 7.10. The van der Waals surface area contributed by atoms with E-state index in [1.54, 1.807) is 0 Å². The summed E-state index contributed by atoms with van der Waals surface area (Å²) in [7, 11) is 0. The van der Waals surface area contributed by atoms with E-state index in [1.807, 2.05) is 0 Å². The first kappa shape index (κ1) is 10.1. The molecule has 3 atom stereocenters. The fraction of sp³-hybridized carbons (Fsp3) is 1.00. The maximum absolute atomic E-state index is 5.36. The lowest BCUT2D eigenvalue weighted by Crippen LogP contribution is -2.36. The molecule has 2 unspecified atom stereocenters. The van der Waals surface area contributed by atoms with Crippen LogP contribution in [0.25, 0.3) is 0 Å². The minimum atomic E-state index is 0.552. The first-order valence-electron chi connectivity index (χ1n) is 6.32. The van der Waals surface area contributed by atoms with Gasteiger partial charge in [-0.3, -0.25) is 4.90 Å². The summed E-state index contributed by atoms with van der Waals surface area (Å²) < 4.78 is 5.36. The molecular weight excluding hydrogens is 186 g/mol. The summed E-state index contributed by atoms with van der Waals surface area (Å²) >= 11 is 0. The zero-order chi connectivity index (χ0) is 10.7. The first-order valence-corrected chi connectivity index (χ1v) is 6.32. The van der Waals surface area contributed by atoms with Gasteiger partial charge in [0.15, 0.2) is 0 Å². The largest absolute Gasteiger partial charge is 0.372 e. The Balaban J connectivity index is 1.74. The molecule has 3 aliphatic rings. The number of hydrogen-bond acceptors (Lipinski definition) is 2. The SMILES string of the molecule is CC1(C)CC2CC(C)(CN2C[C@@H]2CO2)C1. The number of nitrogens with zero attached hydrogens (tertiary/aromatic N) is 1. The van der Waals surface area contributed by atoms with Gasteiger partial charge in [0, 0.05) is 19.1 Å². The van der Waals surface area contributed by atoms with Crippen molar-refractivity contribution in [1.82, 2.24) is 4.90 Å². The van der Waals surface area contributed by atoms with E-state index in [0.29, 0.717) is 16.9 Å². The first-order chi connectivity index (χ1) is 6.96. The maximum Gasteiger partial charge on any atom is 0.0936 e. The van der Waals surface area contributed by atoms with Gasteiger partial charge in [-0.15, -0.1) is 0 Å². The second-order valence-electron chi connectivity index (χ2n) is 7.10. The number of fused-ring (bicyclic) bond motifs is 2. The third-order valence-corrected chi connectivity index (χ3v) is 4.36.